The molecule has 4 atom stereocenters. The molecule has 2 heteroatoms. The third-order valence-electron chi connectivity index (χ3n) is 5.69. The third kappa shape index (κ3) is 3.21. The van der Waals surface area contributed by atoms with Gasteiger partial charge in [0.1, 0.15) is 5.78 Å². The molecule has 19 heavy (non-hydrogen) atoms. The van der Waals surface area contributed by atoms with Crippen LogP contribution in [0.1, 0.15) is 65.2 Å². The molecule has 1 N–H and O–H groups in total. The van der Waals surface area contributed by atoms with Gasteiger partial charge in [-0.25, -0.2) is 0 Å². The Morgan fingerprint density at radius 2 is 1.53 bits per heavy atom. The van der Waals surface area contributed by atoms with Crippen LogP contribution in [0.5, 0.6) is 0 Å². The minimum Gasteiger partial charge on any atom is -0.311 e. The van der Waals surface area contributed by atoms with Gasteiger partial charge in [-0.3, -0.25) is 4.79 Å². The molecule has 0 aromatic heterocycles. The van der Waals surface area contributed by atoms with Crippen LogP contribution in [0.15, 0.2) is 0 Å². The summed E-state index contributed by atoms with van der Waals surface area (Å²) in [6.45, 7) is 4.64. The molecule has 4 unspecified atom stereocenters. The molecule has 3 fully saturated rings. The smallest absolute Gasteiger partial charge is 0.136 e. The maximum Gasteiger partial charge on any atom is 0.136 e. The summed E-state index contributed by atoms with van der Waals surface area (Å²) < 4.78 is 0. The Balaban J connectivity index is 1.53. The number of fused-ring (bicyclic) bond motifs is 2. The second-order valence-corrected chi connectivity index (χ2v) is 7.76. The zero-order valence-corrected chi connectivity index (χ0v) is 12.5. The Labute approximate surface area is 117 Å². The average molecular weight is 263 g/mol. The van der Waals surface area contributed by atoms with Crippen LogP contribution in [0.4, 0.5) is 0 Å². The first-order valence-electron chi connectivity index (χ1n) is 8.39. The van der Waals surface area contributed by atoms with Crippen molar-refractivity contribution in [2.75, 3.05) is 0 Å². The predicted octanol–water partition coefficient (Wildman–Crippen LogP) is 3.55. The van der Waals surface area contributed by atoms with Crippen molar-refractivity contribution in [2.24, 2.45) is 23.7 Å². The zero-order valence-electron chi connectivity index (χ0n) is 12.5. The minimum atomic E-state index is 0.381. The summed E-state index contributed by atoms with van der Waals surface area (Å²) in [5.41, 5.74) is 0. The molecule has 3 aliphatic rings. The Bertz CT molecular complexity index is 318. The summed E-state index contributed by atoms with van der Waals surface area (Å²) in [5.74, 6) is 3.15. The van der Waals surface area contributed by atoms with Gasteiger partial charge in [-0.05, 0) is 62.7 Å². The van der Waals surface area contributed by atoms with Gasteiger partial charge in [0.05, 0.1) is 0 Å². The van der Waals surface area contributed by atoms with Gasteiger partial charge in [0.2, 0.25) is 0 Å². The van der Waals surface area contributed by atoms with E-state index in [4.69, 9.17) is 0 Å². The standard InChI is InChI=1S/C17H29NO/c1-11-5-12(2)7-14(6-11)17(19)10-13-8-15-3-4-16(9-13)18-15/h11-16,18H,3-10H2,1-2H3. The summed E-state index contributed by atoms with van der Waals surface area (Å²) in [7, 11) is 0. The molecule has 0 amide bonds. The number of hydrogen-bond donors (Lipinski definition) is 1. The molecule has 3 rings (SSSR count). The number of rotatable bonds is 3. The van der Waals surface area contributed by atoms with Gasteiger partial charge in [-0.15, -0.1) is 0 Å². The monoisotopic (exact) mass is 263 g/mol. The molecule has 2 saturated heterocycles. The maximum absolute atomic E-state index is 12.6. The van der Waals surface area contributed by atoms with Gasteiger partial charge in [0.15, 0.2) is 0 Å². The van der Waals surface area contributed by atoms with Gasteiger partial charge < -0.3 is 5.32 Å². The van der Waals surface area contributed by atoms with E-state index in [1.807, 2.05) is 0 Å². The van der Waals surface area contributed by atoms with Crippen LogP contribution in [0.2, 0.25) is 0 Å². The van der Waals surface area contributed by atoms with Gasteiger partial charge >= 0.3 is 0 Å². The van der Waals surface area contributed by atoms with Crippen molar-refractivity contribution in [3.05, 3.63) is 0 Å². The maximum atomic E-state index is 12.6. The summed E-state index contributed by atoms with van der Waals surface area (Å²) in [6.07, 6.45) is 9.68. The fraction of sp³-hybridized carbons (Fsp3) is 0.941. The van der Waals surface area contributed by atoms with Gasteiger partial charge in [-0.2, -0.15) is 0 Å². The van der Waals surface area contributed by atoms with E-state index in [0.717, 1.165) is 43.2 Å². The lowest BCUT2D eigenvalue weighted by molar-refractivity contribution is -0.126. The van der Waals surface area contributed by atoms with Crippen LogP contribution in [-0.2, 0) is 4.79 Å². The third-order valence-corrected chi connectivity index (χ3v) is 5.69. The van der Waals surface area contributed by atoms with Crippen molar-refractivity contribution >= 4 is 5.78 Å². The van der Waals surface area contributed by atoms with Crippen LogP contribution >= 0.6 is 0 Å². The van der Waals surface area contributed by atoms with Crippen LogP contribution in [0.25, 0.3) is 0 Å². The summed E-state index contributed by atoms with van der Waals surface area (Å²) in [6, 6.07) is 1.45. The molecule has 0 radical (unpaired) electrons. The highest BCUT2D eigenvalue weighted by Gasteiger charge is 2.36. The first-order valence-corrected chi connectivity index (χ1v) is 8.39. The van der Waals surface area contributed by atoms with E-state index in [1.165, 1.54) is 32.1 Å². The number of hydrogen-bond acceptors (Lipinski definition) is 2. The zero-order chi connectivity index (χ0) is 13.4. The minimum absolute atomic E-state index is 0.381. The predicted molar refractivity (Wildman–Crippen MR) is 78.0 cm³/mol. The SMILES string of the molecule is CC1CC(C)CC(C(=O)CC2CC3CCC(C2)N3)C1. The second kappa shape index (κ2) is 5.55. The quantitative estimate of drug-likeness (QED) is 0.843. The molecule has 2 bridgehead atoms. The highest BCUT2D eigenvalue weighted by atomic mass is 16.1. The van der Waals surface area contributed by atoms with Gasteiger partial charge in [-0.1, -0.05) is 13.8 Å². The molecule has 1 saturated carbocycles. The highest BCUT2D eigenvalue weighted by molar-refractivity contribution is 5.81. The highest BCUT2D eigenvalue weighted by Crippen LogP contribution is 2.37. The number of Topliss-reactive ketones (excluding diaryl/α,β-unsaturated/α-hetero) is 1. The number of carbonyl (C=O) groups excluding carboxylic acids is 1. The molecule has 1 aliphatic carbocycles. The van der Waals surface area contributed by atoms with E-state index in [1.54, 1.807) is 0 Å². The summed E-state index contributed by atoms with van der Waals surface area (Å²) in [4.78, 5) is 12.6. The Morgan fingerprint density at radius 1 is 0.947 bits per heavy atom. The van der Waals surface area contributed by atoms with Crippen molar-refractivity contribution < 1.29 is 4.79 Å². The normalized spacial score (nSPS) is 46.2. The van der Waals surface area contributed by atoms with E-state index < -0.39 is 0 Å². The number of ketones is 1. The van der Waals surface area contributed by atoms with Gasteiger partial charge in [0, 0.05) is 24.4 Å². The molecular weight excluding hydrogens is 234 g/mol. The lowest BCUT2D eigenvalue weighted by atomic mass is 9.73. The van der Waals surface area contributed by atoms with E-state index in [9.17, 15) is 4.79 Å². The van der Waals surface area contributed by atoms with Gasteiger partial charge in [0.25, 0.3) is 0 Å². The summed E-state index contributed by atoms with van der Waals surface area (Å²) in [5, 5.41) is 3.68. The first kappa shape index (κ1) is 13.6. The molecule has 2 aliphatic heterocycles. The average Bonchev–Trinajstić information content (AvgIpc) is 2.67. The molecule has 108 valence electrons. The van der Waals surface area contributed by atoms with E-state index in [-0.39, 0.29) is 0 Å². The van der Waals surface area contributed by atoms with Crippen LogP contribution in [0, 0.1) is 23.7 Å². The fourth-order valence-electron chi connectivity index (χ4n) is 5.00. The lowest BCUT2D eigenvalue weighted by Gasteiger charge is -2.33. The van der Waals surface area contributed by atoms with Crippen molar-refractivity contribution in [1.29, 1.82) is 0 Å². The fourth-order valence-corrected chi connectivity index (χ4v) is 5.00. The van der Waals surface area contributed by atoms with Crippen LogP contribution < -0.4 is 5.32 Å². The van der Waals surface area contributed by atoms with E-state index >= 15 is 0 Å². The molecule has 2 nitrogen and oxygen atoms in total. The molecule has 0 aromatic carbocycles. The first-order chi connectivity index (χ1) is 9.10. The van der Waals surface area contributed by atoms with Crippen molar-refractivity contribution in [3.63, 3.8) is 0 Å². The van der Waals surface area contributed by atoms with Crippen LogP contribution in [-0.4, -0.2) is 17.9 Å². The van der Waals surface area contributed by atoms with Crippen LogP contribution in [0.3, 0.4) is 0 Å². The molecular formula is C17H29NO. The van der Waals surface area contributed by atoms with E-state index in [2.05, 4.69) is 19.2 Å². The Kier molecular flexibility index (Phi) is 3.98. The number of carbonyl (C=O) groups is 1. The Hall–Kier alpha value is -0.370. The largest absolute Gasteiger partial charge is 0.311 e. The number of piperidine rings is 1. The van der Waals surface area contributed by atoms with Crippen molar-refractivity contribution in [3.8, 4) is 0 Å². The lowest BCUT2D eigenvalue weighted by Crippen LogP contribution is -2.39. The Morgan fingerprint density at radius 3 is 2.11 bits per heavy atom. The second-order valence-electron chi connectivity index (χ2n) is 7.76. The molecule has 0 aromatic rings. The molecule has 2 heterocycles. The van der Waals surface area contributed by atoms with Crippen molar-refractivity contribution in [2.45, 2.75) is 77.3 Å². The molecule has 0 spiro atoms. The topological polar surface area (TPSA) is 29.1 Å². The van der Waals surface area contributed by atoms with E-state index in [0.29, 0.717) is 17.6 Å². The number of nitrogens with one attached hydrogen (secondary N) is 1. The van der Waals surface area contributed by atoms with Crippen molar-refractivity contribution in [1.82, 2.24) is 5.32 Å². The summed E-state index contributed by atoms with van der Waals surface area (Å²) >= 11 is 0.